The Kier molecular flexibility index (Phi) is 7.72. The predicted octanol–water partition coefficient (Wildman–Crippen LogP) is 4.61. The molecule has 4 rings (SSSR count). The molecule has 0 atom stereocenters. The number of hydrogen-bond donors (Lipinski definition) is 1. The van der Waals surface area contributed by atoms with Crippen molar-refractivity contribution in [1.82, 2.24) is 24.4 Å². The van der Waals surface area contributed by atoms with Gasteiger partial charge in [0, 0.05) is 62.1 Å². The van der Waals surface area contributed by atoms with Crippen LogP contribution in [0.4, 0.5) is 27.5 Å². The van der Waals surface area contributed by atoms with E-state index in [-0.39, 0.29) is 40.9 Å². The number of pyridine rings is 1. The molecule has 38 heavy (non-hydrogen) atoms. The molecular weight excluding hydrogens is 491 g/mol. The summed E-state index contributed by atoms with van der Waals surface area (Å²) in [6.07, 6.45) is 3.20. The van der Waals surface area contributed by atoms with Gasteiger partial charge < -0.3 is 24.4 Å². The Morgan fingerprint density at radius 2 is 1.92 bits per heavy atom. The zero-order valence-corrected chi connectivity index (χ0v) is 22.3. The molecule has 0 amide bonds. The van der Waals surface area contributed by atoms with Crippen LogP contribution in [0.1, 0.15) is 13.8 Å². The second kappa shape index (κ2) is 11.0. The fraction of sp³-hybridized carbons (Fsp3) is 0.346. The van der Waals surface area contributed by atoms with Crippen LogP contribution in [0.2, 0.25) is 0 Å². The van der Waals surface area contributed by atoms with Crippen molar-refractivity contribution in [3.05, 3.63) is 58.7 Å². The molecule has 0 saturated carbocycles. The average molecular weight is 523 g/mol. The van der Waals surface area contributed by atoms with E-state index in [1.807, 2.05) is 50.7 Å². The van der Waals surface area contributed by atoms with Crippen LogP contribution in [0.5, 0.6) is 5.88 Å². The summed E-state index contributed by atoms with van der Waals surface area (Å²) in [4.78, 5) is 28.7. The Morgan fingerprint density at radius 3 is 2.61 bits per heavy atom. The summed E-state index contributed by atoms with van der Waals surface area (Å²) in [6, 6.07) is 7.70. The number of nitro groups is 1. The van der Waals surface area contributed by atoms with Crippen LogP contribution in [0.25, 0.3) is 22.2 Å². The van der Waals surface area contributed by atoms with Gasteiger partial charge in [-0.15, -0.1) is 0 Å². The minimum absolute atomic E-state index is 0.175. The van der Waals surface area contributed by atoms with Crippen LogP contribution in [0, 0.1) is 15.9 Å². The first-order chi connectivity index (χ1) is 18.0. The number of rotatable bonds is 10. The minimum Gasteiger partial charge on any atom is -0.473 e. The number of likely N-dealkylation sites (N-methyl/N-ethyl adjacent to an activating group) is 2. The van der Waals surface area contributed by atoms with Crippen LogP contribution in [-0.4, -0.2) is 69.7 Å². The normalized spacial score (nSPS) is 11.4. The second-order valence-electron chi connectivity index (χ2n) is 9.54. The number of benzene rings is 1. The van der Waals surface area contributed by atoms with Crippen molar-refractivity contribution in [2.24, 2.45) is 7.05 Å². The van der Waals surface area contributed by atoms with Gasteiger partial charge in [0.2, 0.25) is 17.6 Å². The Bertz CT molecular complexity index is 1470. The van der Waals surface area contributed by atoms with Crippen LogP contribution in [0.15, 0.2) is 42.7 Å². The quantitative estimate of drug-likeness (QED) is 0.236. The van der Waals surface area contributed by atoms with Crippen molar-refractivity contribution in [2.75, 3.05) is 44.4 Å². The SMILES string of the molecule is CC(C)Oc1nc(N(C)CCN(C)C)c([N+](=O)[O-])cc1Nc1nccc(-c2cn(C)c3ccc(F)cc23)n1. The molecule has 3 aromatic heterocycles. The highest BCUT2D eigenvalue weighted by Crippen LogP contribution is 2.37. The molecule has 0 aliphatic heterocycles. The molecule has 1 N–H and O–H groups in total. The van der Waals surface area contributed by atoms with Crippen LogP contribution >= 0.6 is 0 Å². The smallest absolute Gasteiger partial charge is 0.313 e. The van der Waals surface area contributed by atoms with Crippen LogP contribution in [0.3, 0.4) is 0 Å². The highest BCUT2D eigenvalue weighted by Gasteiger charge is 2.25. The van der Waals surface area contributed by atoms with E-state index in [0.717, 1.165) is 11.1 Å². The molecule has 0 bridgehead atoms. The Balaban J connectivity index is 1.74. The van der Waals surface area contributed by atoms with Crippen molar-refractivity contribution in [1.29, 1.82) is 0 Å². The van der Waals surface area contributed by atoms with E-state index in [0.29, 0.717) is 24.2 Å². The number of halogens is 1. The molecule has 0 fully saturated rings. The zero-order chi connectivity index (χ0) is 27.6. The molecule has 12 heteroatoms. The van der Waals surface area contributed by atoms with E-state index in [1.165, 1.54) is 18.2 Å². The number of hydrogen-bond acceptors (Lipinski definition) is 9. The van der Waals surface area contributed by atoms with Gasteiger partial charge in [0.1, 0.15) is 11.5 Å². The number of fused-ring (bicyclic) bond motifs is 1. The molecule has 0 aliphatic rings. The number of ether oxygens (including phenoxy) is 1. The average Bonchev–Trinajstić information content (AvgIpc) is 3.18. The van der Waals surface area contributed by atoms with Crippen LogP contribution in [-0.2, 0) is 7.05 Å². The lowest BCUT2D eigenvalue weighted by molar-refractivity contribution is -0.384. The molecule has 0 unspecified atom stereocenters. The van der Waals surface area contributed by atoms with E-state index in [1.54, 1.807) is 30.3 Å². The first kappa shape index (κ1) is 26.7. The molecule has 0 spiro atoms. The van der Waals surface area contributed by atoms with Gasteiger partial charge in [0.25, 0.3) is 0 Å². The number of nitrogens with zero attached hydrogens (tertiary/aromatic N) is 7. The summed E-state index contributed by atoms with van der Waals surface area (Å²) in [5.41, 5.74) is 2.23. The van der Waals surface area contributed by atoms with Gasteiger partial charge >= 0.3 is 5.69 Å². The lowest BCUT2D eigenvalue weighted by atomic mass is 10.1. The van der Waals surface area contributed by atoms with E-state index < -0.39 is 4.92 Å². The van der Waals surface area contributed by atoms with Gasteiger partial charge in [-0.05, 0) is 52.2 Å². The first-order valence-electron chi connectivity index (χ1n) is 12.1. The molecule has 11 nitrogen and oxygen atoms in total. The molecule has 0 saturated heterocycles. The number of aromatic nitrogens is 4. The maximum Gasteiger partial charge on any atom is 0.313 e. The molecule has 0 aliphatic carbocycles. The maximum absolute atomic E-state index is 14.0. The van der Waals surface area contributed by atoms with Gasteiger partial charge in [0.15, 0.2) is 0 Å². The Hall–Kier alpha value is -4.32. The van der Waals surface area contributed by atoms with Gasteiger partial charge in [-0.2, -0.15) is 4.98 Å². The number of aryl methyl sites for hydroxylation is 1. The highest BCUT2D eigenvalue weighted by atomic mass is 19.1. The zero-order valence-electron chi connectivity index (χ0n) is 22.3. The summed E-state index contributed by atoms with van der Waals surface area (Å²) in [7, 11) is 7.49. The summed E-state index contributed by atoms with van der Waals surface area (Å²) >= 11 is 0. The van der Waals surface area contributed by atoms with Gasteiger partial charge in [0.05, 0.1) is 16.7 Å². The van der Waals surface area contributed by atoms with Gasteiger partial charge in [-0.25, -0.2) is 14.4 Å². The predicted molar refractivity (Wildman–Crippen MR) is 146 cm³/mol. The van der Waals surface area contributed by atoms with Crippen molar-refractivity contribution in [3.8, 4) is 17.1 Å². The van der Waals surface area contributed by atoms with Crippen molar-refractivity contribution in [2.45, 2.75) is 20.0 Å². The third-order valence-electron chi connectivity index (χ3n) is 5.87. The minimum atomic E-state index is -0.471. The Labute approximate surface area is 220 Å². The van der Waals surface area contributed by atoms with Crippen LogP contribution < -0.4 is 15.0 Å². The lowest BCUT2D eigenvalue weighted by Gasteiger charge is -2.22. The summed E-state index contributed by atoms with van der Waals surface area (Å²) < 4.78 is 21.8. The largest absolute Gasteiger partial charge is 0.473 e. The van der Waals surface area contributed by atoms with Gasteiger partial charge in [-0.3, -0.25) is 10.1 Å². The van der Waals surface area contributed by atoms with E-state index >= 15 is 0 Å². The van der Waals surface area contributed by atoms with Crippen molar-refractivity contribution >= 4 is 34.0 Å². The van der Waals surface area contributed by atoms with E-state index in [9.17, 15) is 14.5 Å². The van der Waals surface area contributed by atoms with E-state index in [2.05, 4.69) is 20.3 Å². The summed E-state index contributed by atoms with van der Waals surface area (Å²) in [6.45, 7) is 4.91. The van der Waals surface area contributed by atoms with E-state index in [4.69, 9.17) is 4.74 Å². The second-order valence-corrected chi connectivity index (χ2v) is 9.54. The molecule has 200 valence electrons. The topological polar surface area (TPSA) is 114 Å². The highest BCUT2D eigenvalue weighted by molar-refractivity contribution is 5.95. The van der Waals surface area contributed by atoms with Gasteiger partial charge in [-0.1, -0.05) is 0 Å². The number of nitrogens with one attached hydrogen (secondary N) is 1. The van der Waals surface area contributed by atoms with Crippen molar-refractivity contribution < 1.29 is 14.1 Å². The first-order valence-corrected chi connectivity index (χ1v) is 12.1. The molecular formula is C26H31FN8O3. The van der Waals surface area contributed by atoms with Crippen molar-refractivity contribution in [3.63, 3.8) is 0 Å². The fourth-order valence-corrected chi connectivity index (χ4v) is 4.01. The summed E-state index contributed by atoms with van der Waals surface area (Å²) in [5.74, 6) is 0.236. The number of anilines is 3. The fourth-order valence-electron chi connectivity index (χ4n) is 4.01. The molecule has 1 aromatic carbocycles. The standard InChI is InChI=1S/C26H31FN8O3/c1-16(2)38-25-21(14-23(35(36)37)24(31-25)33(5)12-11-32(3)4)30-26-28-10-9-20(29-26)19-15-34(6)22-8-7-17(27)13-18(19)22/h7-10,13-16H,11-12H2,1-6H3,(H,28,29,30). The molecule has 0 radical (unpaired) electrons. The third kappa shape index (κ3) is 5.80. The molecule has 3 heterocycles. The Morgan fingerprint density at radius 1 is 1.16 bits per heavy atom. The monoisotopic (exact) mass is 522 g/mol. The third-order valence-corrected chi connectivity index (χ3v) is 5.87. The summed E-state index contributed by atoms with van der Waals surface area (Å²) in [5, 5.41) is 15.7. The molecule has 4 aromatic rings. The lowest BCUT2D eigenvalue weighted by Crippen LogP contribution is -2.29. The maximum atomic E-state index is 14.0.